The summed E-state index contributed by atoms with van der Waals surface area (Å²) < 4.78 is 6.50. The molecule has 0 bridgehead atoms. The Kier molecular flexibility index (Phi) is 5.40. The van der Waals surface area contributed by atoms with Crippen molar-refractivity contribution < 1.29 is 24.2 Å². The van der Waals surface area contributed by atoms with Crippen LogP contribution in [0.25, 0.3) is 10.1 Å². The molecular weight excluding hydrogens is 428 g/mol. The fraction of sp³-hybridized carbons (Fsp3) is 0.292. The Labute approximate surface area is 188 Å². The number of amides is 2. The molecule has 2 fully saturated rings. The van der Waals surface area contributed by atoms with Gasteiger partial charge in [0.2, 0.25) is 5.91 Å². The number of phenolic OH excluding ortho intramolecular Hbond substituents is 1. The molecule has 0 aliphatic carbocycles. The Morgan fingerprint density at radius 2 is 2.03 bits per heavy atom. The number of ketones is 1. The van der Waals surface area contributed by atoms with Gasteiger partial charge in [-0.25, -0.2) is 0 Å². The van der Waals surface area contributed by atoms with Crippen molar-refractivity contribution in [1.82, 2.24) is 10.2 Å². The van der Waals surface area contributed by atoms with Gasteiger partial charge in [0.05, 0.1) is 11.0 Å². The number of carbonyl (C=O) groups excluding carboxylic acids is 3. The van der Waals surface area contributed by atoms with E-state index in [0.717, 1.165) is 10.1 Å². The Morgan fingerprint density at radius 3 is 2.84 bits per heavy atom. The van der Waals surface area contributed by atoms with Crippen LogP contribution in [-0.2, 0) is 20.7 Å². The number of ether oxygens (including phenoxy) is 1. The predicted molar refractivity (Wildman–Crippen MR) is 120 cm³/mol. The van der Waals surface area contributed by atoms with Crippen molar-refractivity contribution >= 4 is 39.0 Å². The summed E-state index contributed by atoms with van der Waals surface area (Å²) in [4.78, 5) is 40.9. The highest BCUT2D eigenvalue weighted by Crippen LogP contribution is 2.29. The molecule has 3 atom stereocenters. The molecule has 2 aliphatic heterocycles. The van der Waals surface area contributed by atoms with Crippen molar-refractivity contribution in [2.75, 3.05) is 13.2 Å². The highest BCUT2D eigenvalue weighted by atomic mass is 32.1. The van der Waals surface area contributed by atoms with Crippen LogP contribution < -0.4 is 5.32 Å². The Bertz CT molecular complexity index is 1170. The number of phenols is 1. The highest BCUT2D eigenvalue weighted by Gasteiger charge is 2.48. The van der Waals surface area contributed by atoms with Crippen LogP contribution in [0.3, 0.4) is 0 Å². The van der Waals surface area contributed by atoms with Crippen molar-refractivity contribution in [2.45, 2.75) is 31.0 Å². The lowest BCUT2D eigenvalue weighted by Crippen LogP contribution is -2.53. The van der Waals surface area contributed by atoms with Gasteiger partial charge in [-0.1, -0.05) is 30.3 Å². The summed E-state index contributed by atoms with van der Waals surface area (Å²) in [5.41, 5.74) is 0.713. The summed E-state index contributed by atoms with van der Waals surface area (Å²) >= 11 is 1.36. The van der Waals surface area contributed by atoms with Crippen LogP contribution >= 0.6 is 11.3 Å². The van der Waals surface area contributed by atoms with Gasteiger partial charge in [0.15, 0.2) is 5.78 Å². The molecular formula is C24H22N2O5S. The second kappa shape index (κ2) is 8.37. The summed E-state index contributed by atoms with van der Waals surface area (Å²) in [5.74, 6) is -0.665. The van der Waals surface area contributed by atoms with Gasteiger partial charge < -0.3 is 20.1 Å². The van der Waals surface area contributed by atoms with Crippen LogP contribution in [0, 0.1) is 0 Å². The van der Waals surface area contributed by atoms with Gasteiger partial charge in [-0.3, -0.25) is 14.4 Å². The maximum absolute atomic E-state index is 13.5. The Morgan fingerprint density at radius 1 is 1.19 bits per heavy atom. The molecule has 7 nitrogen and oxygen atoms in total. The Balaban J connectivity index is 1.41. The zero-order valence-electron chi connectivity index (χ0n) is 17.2. The number of carbonyl (C=O) groups is 3. The lowest BCUT2D eigenvalue weighted by molar-refractivity contribution is -0.138. The Hall–Kier alpha value is -3.23. The number of likely N-dealkylation sites (tertiary alicyclic amines) is 1. The first-order chi connectivity index (χ1) is 15.5. The number of fused-ring (bicyclic) bond motifs is 2. The van der Waals surface area contributed by atoms with Gasteiger partial charge in [-0.2, -0.15) is 0 Å². The van der Waals surface area contributed by atoms with Crippen molar-refractivity contribution in [3.63, 3.8) is 0 Å². The number of aromatic hydroxyl groups is 1. The van der Waals surface area contributed by atoms with E-state index in [1.165, 1.54) is 11.3 Å². The molecule has 32 heavy (non-hydrogen) atoms. The van der Waals surface area contributed by atoms with Gasteiger partial charge in [-0.05, 0) is 41.6 Å². The molecule has 2 aromatic carbocycles. The van der Waals surface area contributed by atoms with Crippen molar-refractivity contribution in [3.8, 4) is 5.75 Å². The molecule has 2 saturated heterocycles. The van der Waals surface area contributed by atoms with E-state index in [1.807, 2.05) is 30.3 Å². The van der Waals surface area contributed by atoms with E-state index in [-0.39, 0.29) is 42.5 Å². The average molecular weight is 451 g/mol. The standard InChI is InChI=1S/C24H22N2O5S/c27-16-6-3-4-14(10-16)11-17(24(30)26-9-8-19-22(26)18(28)13-31-19)25-23(29)21-12-15-5-1-2-7-20(15)32-21/h1-7,10,12,17,19,22,27H,8-9,11,13H2,(H,25,29). The minimum absolute atomic E-state index is 0.0183. The number of hydrogen-bond acceptors (Lipinski definition) is 6. The van der Waals surface area contributed by atoms with E-state index in [2.05, 4.69) is 5.32 Å². The molecule has 0 saturated carbocycles. The van der Waals surface area contributed by atoms with Crippen molar-refractivity contribution in [1.29, 1.82) is 0 Å². The first-order valence-electron chi connectivity index (χ1n) is 10.5. The molecule has 0 radical (unpaired) electrons. The topological polar surface area (TPSA) is 95.9 Å². The minimum atomic E-state index is -0.873. The lowest BCUT2D eigenvalue weighted by Gasteiger charge is -2.27. The van der Waals surface area contributed by atoms with Gasteiger partial charge in [-0.15, -0.1) is 11.3 Å². The molecule has 5 rings (SSSR count). The molecule has 2 amide bonds. The SMILES string of the molecule is O=C(NC(Cc1cccc(O)c1)C(=O)N1CCC2OCC(=O)C21)c1cc2ccccc2s1. The quantitative estimate of drug-likeness (QED) is 0.623. The molecule has 3 heterocycles. The van der Waals surface area contributed by atoms with E-state index in [9.17, 15) is 19.5 Å². The zero-order valence-corrected chi connectivity index (χ0v) is 18.0. The van der Waals surface area contributed by atoms with Crippen molar-refractivity contribution in [3.05, 3.63) is 65.0 Å². The van der Waals surface area contributed by atoms with Gasteiger partial charge in [0, 0.05) is 17.7 Å². The number of Topliss-reactive ketones (excluding diaryl/α,β-unsaturated/α-hetero) is 1. The van der Waals surface area contributed by atoms with Crippen LogP contribution in [0.4, 0.5) is 0 Å². The third kappa shape index (κ3) is 3.87. The van der Waals surface area contributed by atoms with E-state index in [0.29, 0.717) is 23.4 Å². The monoisotopic (exact) mass is 450 g/mol. The summed E-state index contributed by atoms with van der Waals surface area (Å²) in [7, 11) is 0. The number of nitrogens with zero attached hydrogens (tertiary/aromatic N) is 1. The van der Waals surface area contributed by atoms with E-state index < -0.39 is 12.1 Å². The molecule has 3 aromatic rings. The fourth-order valence-electron chi connectivity index (χ4n) is 4.48. The van der Waals surface area contributed by atoms with E-state index >= 15 is 0 Å². The van der Waals surface area contributed by atoms with E-state index in [1.54, 1.807) is 29.2 Å². The lowest BCUT2D eigenvalue weighted by atomic mass is 10.0. The number of nitrogens with one attached hydrogen (secondary N) is 1. The molecule has 1 aromatic heterocycles. The van der Waals surface area contributed by atoms with Gasteiger partial charge in [0.25, 0.3) is 5.91 Å². The normalized spacial score (nSPS) is 21.0. The molecule has 2 N–H and O–H groups in total. The van der Waals surface area contributed by atoms with Crippen LogP contribution in [0.2, 0.25) is 0 Å². The molecule has 8 heteroatoms. The van der Waals surface area contributed by atoms with Crippen LogP contribution in [-0.4, -0.2) is 58.9 Å². The maximum Gasteiger partial charge on any atom is 0.262 e. The van der Waals surface area contributed by atoms with Crippen molar-refractivity contribution in [2.24, 2.45) is 0 Å². The van der Waals surface area contributed by atoms with Gasteiger partial charge in [0.1, 0.15) is 24.4 Å². The third-order valence-electron chi connectivity index (χ3n) is 6.00. The van der Waals surface area contributed by atoms with Crippen LogP contribution in [0.1, 0.15) is 21.7 Å². The fourth-order valence-corrected chi connectivity index (χ4v) is 5.45. The molecule has 164 valence electrons. The third-order valence-corrected chi connectivity index (χ3v) is 7.11. The summed E-state index contributed by atoms with van der Waals surface area (Å²) in [5, 5.41) is 13.7. The number of hydrogen-bond donors (Lipinski definition) is 2. The summed E-state index contributed by atoms with van der Waals surface area (Å²) in [6.07, 6.45) is 0.532. The predicted octanol–water partition coefficient (Wildman–Crippen LogP) is 2.52. The summed E-state index contributed by atoms with van der Waals surface area (Å²) in [6, 6.07) is 14.7. The average Bonchev–Trinajstić information content (AvgIpc) is 3.49. The molecule has 0 spiro atoms. The highest BCUT2D eigenvalue weighted by molar-refractivity contribution is 7.20. The van der Waals surface area contributed by atoms with Crippen LogP contribution in [0.5, 0.6) is 5.75 Å². The zero-order chi connectivity index (χ0) is 22.2. The van der Waals surface area contributed by atoms with Gasteiger partial charge >= 0.3 is 0 Å². The second-order valence-electron chi connectivity index (χ2n) is 8.13. The number of thiophene rings is 1. The maximum atomic E-state index is 13.5. The molecule has 2 aliphatic rings. The smallest absolute Gasteiger partial charge is 0.262 e. The first kappa shape index (κ1) is 20.7. The number of benzene rings is 2. The minimum Gasteiger partial charge on any atom is -0.508 e. The number of rotatable bonds is 5. The van der Waals surface area contributed by atoms with E-state index in [4.69, 9.17) is 4.74 Å². The first-order valence-corrected chi connectivity index (χ1v) is 11.3. The summed E-state index contributed by atoms with van der Waals surface area (Å²) in [6.45, 7) is 0.430. The second-order valence-corrected chi connectivity index (χ2v) is 9.21. The molecule has 3 unspecified atom stereocenters. The van der Waals surface area contributed by atoms with Crippen LogP contribution in [0.15, 0.2) is 54.6 Å². The largest absolute Gasteiger partial charge is 0.508 e.